The molecule has 29 heavy (non-hydrogen) atoms. The van der Waals surface area contributed by atoms with E-state index in [1.54, 1.807) is 6.92 Å². The van der Waals surface area contributed by atoms with Gasteiger partial charge in [0.1, 0.15) is 0 Å². The van der Waals surface area contributed by atoms with E-state index in [0.717, 1.165) is 17.4 Å². The van der Waals surface area contributed by atoms with Gasteiger partial charge in [-0.3, -0.25) is 0 Å². The molecule has 0 aliphatic carbocycles. The fourth-order valence-corrected chi connectivity index (χ4v) is 3.84. The zero-order valence-electron chi connectivity index (χ0n) is 18.5. The molecule has 1 atom stereocenters. The fraction of sp³-hybridized carbons (Fsp3) is 0.462. The molecule has 0 bridgehead atoms. The molecule has 1 aliphatic heterocycles. The van der Waals surface area contributed by atoms with Crippen molar-refractivity contribution in [2.45, 2.75) is 52.4 Å². The van der Waals surface area contributed by atoms with Gasteiger partial charge in [-0.25, -0.2) is 0 Å². The van der Waals surface area contributed by atoms with Gasteiger partial charge in [0.2, 0.25) is 0 Å². The normalized spacial score (nSPS) is 16.3. The average molecular weight is 415 g/mol. The van der Waals surface area contributed by atoms with E-state index in [1.165, 1.54) is 50.0 Å². The predicted octanol–water partition coefficient (Wildman–Crippen LogP) is 7.43. The molecule has 1 aromatic rings. The molecule has 0 spiro atoms. The van der Waals surface area contributed by atoms with E-state index in [0.29, 0.717) is 5.92 Å². The minimum atomic E-state index is 0. The Hall–Kier alpha value is -1.79. The lowest BCUT2D eigenvalue weighted by molar-refractivity contribution is 0.184. The first-order valence-electron chi connectivity index (χ1n) is 10.3. The molecule has 1 heterocycles. The van der Waals surface area contributed by atoms with E-state index in [2.05, 4.69) is 68.0 Å². The van der Waals surface area contributed by atoms with Gasteiger partial charge in [0, 0.05) is 11.6 Å². The van der Waals surface area contributed by atoms with Gasteiger partial charge >= 0.3 is 0 Å². The molecule has 1 aromatic carbocycles. The van der Waals surface area contributed by atoms with Crippen molar-refractivity contribution >= 4 is 11.6 Å². The highest BCUT2D eigenvalue weighted by Gasteiger charge is 2.21. The van der Waals surface area contributed by atoms with Crippen molar-refractivity contribution in [2.24, 2.45) is 5.92 Å². The molecule has 3 N–H and O–H groups in total. The van der Waals surface area contributed by atoms with Crippen LogP contribution in [0.2, 0.25) is 5.02 Å². The Bertz CT molecular complexity index is 659. The maximum atomic E-state index is 6.00. The number of benzene rings is 1. The molecular weight excluding hydrogens is 376 g/mol. The summed E-state index contributed by atoms with van der Waals surface area (Å²) in [6.07, 6.45) is 17.8. The lowest BCUT2D eigenvalue weighted by atomic mass is 9.89. The summed E-state index contributed by atoms with van der Waals surface area (Å²) < 4.78 is 0. The SMILES string of the molecule is C#CC.C=C/C=C(\C=C/C)CCC(C)CN1CCC(c2ccc(Cl)cc2)CC1.N. The van der Waals surface area contributed by atoms with Crippen molar-refractivity contribution in [1.29, 1.82) is 0 Å². The third kappa shape index (κ3) is 11.1. The number of rotatable bonds is 8. The molecule has 1 aliphatic rings. The van der Waals surface area contributed by atoms with Crippen LogP contribution < -0.4 is 6.15 Å². The number of nitrogens with zero attached hydrogens (tertiary/aromatic N) is 1. The Morgan fingerprint density at radius 3 is 2.41 bits per heavy atom. The highest BCUT2D eigenvalue weighted by molar-refractivity contribution is 6.30. The number of hydrogen-bond donors (Lipinski definition) is 1. The summed E-state index contributed by atoms with van der Waals surface area (Å²) >= 11 is 6.00. The molecule has 0 amide bonds. The van der Waals surface area contributed by atoms with E-state index in [9.17, 15) is 0 Å². The Kier molecular flexibility index (Phi) is 15.1. The minimum Gasteiger partial charge on any atom is -0.344 e. The van der Waals surface area contributed by atoms with Crippen LogP contribution in [0.25, 0.3) is 0 Å². The summed E-state index contributed by atoms with van der Waals surface area (Å²) in [6, 6.07) is 8.43. The molecule has 0 radical (unpaired) electrons. The van der Waals surface area contributed by atoms with E-state index < -0.39 is 0 Å². The lowest BCUT2D eigenvalue weighted by Gasteiger charge is -2.34. The van der Waals surface area contributed by atoms with Gasteiger partial charge in [-0.15, -0.1) is 12.3 Å². The molecule has 1 saturated heterocycles. The number of halogens is 1. The van der Waals surface area contributed by atoms with E-state index in [4.69, 9.17) is 11.6 Å². The van der Waals surface area contributed by atoms with Gasteiger partial charge < -0.3 is 11.1 Å². The third-order valence-corrected chi connectivity index (χ3v) is 5.39. The van der Waals surface area contributed by atoms with Gasteiger partial charge in [-0.1, -0.05) is 61.5 Å². The van der Waals surface area contributed by atoms with Gasteiger partial charge in [-0.2, -0.15) is 0 Å². The molecule has 0 aromatic heterocycles. The number of hydrogen-bond acceptors (Lipinski definition) is 2. The van der Waals surface area contributed by atoms with Crippen molar-refractivity contribution in [3.63, 3.8) is 0 Å². The number of allylic oxidation sites excluding steroid dienone is 5. The lowest BCUT2D eigenvalue weighted by Crippen LogP contribution is -2.36. The second kappa shape index (κ2) is 16.1. The van der Waals surface area contributed by atoms with E-state index in [1.807, 2.05) is 18.2 Å². The standard InChI is InChI=1S/C23H32ClN.C3H4.H3N/c1-4-6-20(7-5-2)9-8-19(3)18-25-16-14-22(15-17-25)21-10-12-23(24)13-11-21;1-3-2;/h4-7,10-13,19,22H,1,8-9,14-18H2,2-3H3;1H,2H3;1H3/b7-5-,20-6+;;. The van der Waals surface area contributed by atoms with Crippen LogP contribution in [0.5, 0.6) is 0 Å². The quantitative estimate of drug-likeness (QED) is 0.354. The van der Waals surface area contributed by atoms with Crippen LogP contribution in [0.1, 0.15) is 57.9 Å². The minimum absolute atomic E-state index is 0. The summed E-state index contributed by atoms with van der Waals surface area (Å²) in [6.45, 7) is 13.6. The largest absolute Gasteiger partial charge is 0.344 e. The first kappa shape index (κ1) is 27.2. The van der Waals surface area contributed by atoms with Gasteiger partial charge in [0.05, 0.1) is 0 Å². The first-order chi connectivity index (χ1) is 13.5. The molecule has 1 unspecified atom stereocenters. The average Bonchev–Trinajstić information content (AvgIpc) is 2.68. The molecule has 160 valence electrons. The van der Waals surface area contributed by atoms with Crippen LogP contribution in [0.15, 0.2) is 60.7 Å². The first-order valence-corrected chi connectivity index (χ1v) is 10.7. The van der Waals surface area contributed by atoms with Crippen LogP contribution in [0.4, 0.5) is 0 Å². The van der Waals surface area contributed by atoms with Crippen LogP contribution in [0.3, 0.4) is 0 Å². The molecule has 2 rings (SSSR count). The topological polar surface area (TPSA) is 38.2 Å². The van der Waals surface area contributed by atoms with Crippen molar-refractivity contribution in [2.75, 3.05) is 19.6 Å². The Balaban J connectivity index is 0.00000184. The predicted molar refractivity (Wildman–Crippen MR) is 131 cm³/mol. The maximum absolute atomic E-state index is 6.00. The summed E-state index contributed by atoms with van der Waals surface area (Å²) in [4.78, 5) is 2.64. The number of likely N-dealkylation sites (tertiary alicyclic amines) is 1. The monoisotopic (exact) mass is 414 g/mol. The summed E-state index contributed by atoms with van der Waals surface area (Å²) in [5.74, 6) is 3.67. The van der Waals surface area contributed by atoms with Crippen LogP contribution in [0, 0.1) is 18.3 Å². The smallest absolute Gasteiger partial charge is 0.0406 e. The van der Waals surface area contributed by atoms with Crippen molar-refractivity contribution in [3.05, 3.63) is 71.3 Å². The molecule has 2 nitrogen and oxygen atoms in total. The number of piperidine rings is 1. The van der Waals surface area contributed by atoms with Gasteiger partial charge in [0.15, 0.2) is 0 Å². The molecule has 3 heteroatoms. The Labute approximate surface area is 184 Å². The zero-order valence-corrected chi connectivity index (χ0v) is 19.3. The van der Waals surface area contributed by atoms with Crippen molar-refractivity contribution in [1.82, 2.24) is 11.1 Å². The second-order valence-electron chi connectivity index (χ2n) is 7.54. The highest BCUT2D eigenvalue weighted by Crippen LogP contribution is 2.29. The van der Waals surface area contributed by atoms with Crippen LogP contribution in [-0.2, 0) is 0 Å². The summed E-state index contributed by atoms with van der Waals surface area (Å²) in [7, 11) is 0. The molecule has 1 fully saturated rings. The van der Waals surface area contributed by atoms with Gasteiger partial charge in [0.25, 0.3) is 0 Å². The molecule has 0 saturated carbocycles. The summed E-state index contributed by atoms with van der Waals surface area (Å²) in [5.41, 5.74) is 2.83. The van der Waals surface area contributed by atoms with E-state index in [-0.39, 0.29) is 6.15 Å². The van der Waals surface area contributed by atoms with Crippen LogP contribution >= 0.6 is 11.6 Å². The Morgan fingerprint density at radius 1 is 1.31 bits per heavy atom. The molecular formula is C26H39ClN2. The van der Waals surface area contributed by atoms with Crippen LogP contribution in [-0.4, -0.2) is 24.5 Å². The van der Waals surface area contributed by atoms with Crippen molar-refractivity contribution < 1.29 is 0 Å². The maximum Gasteiger partial charge on any atom is 0.0406 e. The third-order valence-electron chi connectivity index (χ3n) is 5.14. The Morgan fingerprint density at radius 2 is 1.90 bits per heavy atom. The zero-order chi connectivity index (χ0) is 20.8. The second-order valence-corrected chi connectivity index (χ2v) is 7.97. The fourth-order valence-electron chi connectivity index (χ4n) is 3.72. The van der Waals surface area contributed by atoms with E-state index >= 15 is 0 Å². The summed E-state index contributed by atoms with van der Waals surface area (Å²) in [5, 5.41) is 0.831. The highest BCUT2D eigenvalue weighted by atomic mass is 35.5. The van der Waals surface area contributed by atoms with Gasteiger partial charge in [-0.05, 0) is 87.7 Å². The van der Waals surface area contributed by atoms with Crippen molar-refractivity contribution in [3.8, 4) is 12.3 Å². The number of terminal acetylenes is 1.